The molecule has 0 aromatic heterocycles. The summed E-state index contributed by atoms with van der Waals surface area (Å²) in [6.07, 6.45) is 1.59. The quantitative estimate of drug-likeness (QED) is 0.0749. The standard InChI is InChI=1S/C36H54O14/c37-31-33-1-5-35(6-2-33)49-29-27-47-25-23-45-21-19-43-17-15-41-13-11-39-9-10-40-12-14-42-16-18-44-20-22-46-24-26-48-28-30-50-36-7-3-34(32-38)4-8-36/h1-8,31-32H,9-30H2. The van der Waals surface area contributed by atoms with E-state index in [2.05, 4.69) is 0 Å². The molecule has 50 heavy (non-hydrogen) atoms. The zero-order valence-corrected chi connectivity index (χ0v) is 29.0. The Labute approximate surface area is 295 Å². The molecule has 0 saturated carbocycles. The van der Waals surface area contributed by atoms with Crippen LogP contribution < -0.4 is 9.47 Å². The topological polar surface area (TPSA) is 145 Å². The maximum Gasteiger partial charge on any atom is 0.150 e. The van der Waals surface area contributed by atoms with Crippen molar-refractivity contribution < 1.29 is 66.4 Å². The van der Waals surface area contributed by atoms with Crippen LogP contribution in [0.3, 0.4) is 0 Å². The fourth-order valence-corrected chi connectivity index (χ4v) is 3.80. The normalized spacial score (nSPS) is 11.1. The minimum Gasteiger partial charge on any atom is -0.491 e. The third-order valence-electron chi connectivity index (χ3n) is 6.37. The molecule has 0 aliphatic rings. The molecule has 2 rings (SSSR count). The van der Waals surface area contributed by atoms with Crippen molar-refractivity contribution in [3.63, 3.8) is 0 Å². The Balaban J connectivity index is 1.15. The van der Waals surface area contributed by atoms with Gasteiger partial charge in [0.1, 0.15) is 37.3 Å². The van der Waals surface area contributed by atoms with E-state index in [4.69, 9.17) is 56.8 Å². The summed E-state index contributed by atoms with van der Waals surface area (Å²) in [5, 5.41) is 0. The second-order valence-corrected chi connectivity index (χ2v) is 10.2. The van der Waals surface area contributed by atoms with Gasteiger partial charge in [-0.05, 0) is 48.5 Å². The van der Waals surface area contributed by atoms with Gasteiger partial charge in [-0.25, -0.2) is 0 Å². The highest BCUT2D eigenvalue weighted by molar-refractivity contribution is 5.75. The average molecular weight is 711 g/mol. The molecule has 0 spiro atoms. The highest BCUT2D eigenvalue weighted by Crippen LogP contribution is 2.11. The maximum atomic E-state index is 10.6. The van der Waals surface area contributed by atoms with Crippen LogP contribution in [0, 0.1) is 0 Å². The van der Waals surface area contributed by atoms with Gasteiger partial charge < -0.3 is 56.8 Å². The lowest BCUT2D eigenvalue weighted by molar-refractivity contribution is -0.0269. The Morgan fingerprint density at radius 2 is 0.460 bits per heavy atom. The minimum absolute atomic E-state index is 0.426. The van der Waals surface area contributed by atoms with Gasteiger partial charge in [0.2, 0.25) is 0 Å². The van der Waals surface area contributed by atoms with Crippen LogP contribution in [0.15, 0.2) is 48.5 Å². The van der Waals surface area contributed by atoms with E-state index in [1.165, 1.54) is 0 Å². The Morgan fingerprint density at radius 1 is 0.280 bits per heavy atom. The van der Waals surface area contributed by atoms with Crippen LogP contribution in [0.4, 0.5) is 0 Å². The number of aldehydes is 2. The molecule has 0 N–H and O–H groups in total. The van der Waals surface area contributed by atoms with E-state index in [1.54, 1.807) is 48.5 Å². The van der Waals surface area contributed by atoms with E-state index >= 15 is 0 Å². The van der Waals surface area contributed by atoms with E-state index in [0.717, 1.165) is 12.6 Å². The summed E-state index contributed by atoms with van der Waals surface area (Å²) >= 11 is 0. The number of carbonyl (C=O) groups excluding carboxylic acids is 2. The molecule has 0 aliphatic heterocycles. The second-order valence-electron chi connectivity index (χ2n) is 10.2. The molecule has 0 unspecified atom stereocenters. The molecule has 0 saturated heterocycles. The van der Waals surface area contributed by atoms with Gasteiger partial charge in [0.15, 0.2) is 0 Å². The largest absolute Gasteiger partial charge is 0.491 e. The lowest BCUT2D eigenvalue weighted by Gasteiger charge is -2.09. The molecule has 0 heterocycles. The number of benzene rings is 2. The van der Waals surface area contributed by atoms with Crippen molar-refractivity contribution in [3.05, 3.63) is 59.7 Å². The summed E-state index contributed by atoms with van der Waals surface area (Å²) in [5.74, 6) is 1.40. The number of hydrogen-bond acceptors (Lipinski definition) is 14. The summed E-state index contributed by atoms with van der Waals surface area (Å²) in [6.45, 7) is 10.5. The van der Waals surface area contributed by atoms with Crippen LogP contribution in [0.25, 0.3) is 0 Å². The number of rotatable bonds is 37. The summed E-state index contributed by atoms with van der Waals surface area (Å²) in [4.78, 5) is 21.3. The first-order valence-corrected chi connectivity index (χ1v) is 17.0. The Morgan fingerprint density at radius 3 is 0.640 bits per heavy atom. The van der Waals surface area contributed by atoms with Crippen LogP contribution in [-0.2, 0) is 47.4 Å². The molecule has 0 amide bonds. The first kappa shape index (κ1) is 43.1. The zero-order valence-electron chi connectivity index (χ0n) is 29.0. The highest BCUT2D eigenvalue weighted by atomic mass is 16.6. The fraction of sp³-hybridized carbons (Fsp3) is 0.611. The summed E-state index contributed by atoms with van der Waals surface area (Å²) < 4.78 is 65.8. The summed E-state index contributed by atoms with van der Waals surface area (Å²) in [7, 11) is 0. The zero-order chi connectivity index (χ0) is 35.4. The van der Waals surface area contributed by atoms with E-state index in [-0.39, 0.29) is 0 Å². The SMILES string of the molecule is O=Cc1ccc(OCCOCCOCCOCCOCCOCCOCCOCCOCCOCCOCCOc2ccc(C=O)cc2)cc1. The molecule has 0 aliphatic carbocycles. The van der Waals surface area contributed by atoms with Gasteiger partial charge in [0, 0.05) is 11.1 Å². The molecule has 2 aromatic carbocycles. The van der Waals surface area contributed by atoms with Gasteiger partial charge in [-0.2, -0.15) is 0 Å². The van der Waals surface area contributed by atoms with Crippen molar-refractivity contribution in [2.45, 2.75) is 0 Å². The monoisotopic (exact) mass is 710 g/mol. The van der Waals surface area contributed by atoms with Gasteiger partial charge in [-0.15, -0.1) is 0 Å². The predicted octanol–water partition coefficient (Wildman–Crippen LogP) is 2.94. The molecule has 0 bridgehead atoms. The van der Waals surface area contributed by atoms with Crippen molar-refractivity contribution >= 4 is 12.6 Å². The van der Waals surface area contributed by atoms with Crippen LogP contribution in [0.2, 0.25) is 0 Å². The average Bonchev–Trinajstić information content (AvgIpc) is 3.15. The summed E-state index contributed by atoms with van der Waals surface area (Å²) in [5.41, 5.74) is 1.23. The fourth-order valence-electron chi connectivity index (χ4n) is 3.80. The molecule has 0 fully saturated rings. The van der Waals surface area contributed by atoms with Crippen LogP contribution >= 0.6 is 0 Å². The smallest absolute Gasteiger partial charge is 0.150 e. The third kappa shape index (κ3) is 25.9. The Kier molecular flexibility index (Phi) is 28.6. The molecule has 14 heteroatoms. The number of ether oxygens (including phenoxy) is 12. The van der Waals surface area contributed by atoms with Gasteiger partial charge in [-0.1, -0.05) is 0 Å². The molecule has 0 atom stereocenters. The van der Waals surface area contributed by atoms with Crippen molar-refractivity contribution in [1.82, 2.24) is 0 Å². The van der Waals surface area contributed by atoms with Crippen LogP contribution in [-0.4, -0.2) is 158 Å². The van der Waals surface area contributed by atoms with Crippen LogP contribution in [0.5, 0.6) is 11.5 Å². The van der Waals surface area contributed by atoms with Crippen molar-refractivity contribution in [2.24, 2.45) is 0 Å². The number of carbonyl (C=O) groups is 2. The van der Waals surface area contributed by atoms with Crippen LogP contribution in [0.1, 0.15) is 20.7 Å². The van der Waals surface area contributed by atoms with Gasteiger partial charge >= 0.3 is 0 Å². The second kappa shape index (κ2) is 33.1. The molecule has 0 radical (unpaired) electrons. The summed E-state index contributed by atoms with van der Waals surface area (Å²) in [6, 6.07) is 13.8. The first-order chi connectivity index (χ1) is 24.8. The molecular formula is C36H54O14. The van der Waals surface area contributed by atoms with Crippen molar-refractivity contribution in [1.29, 1.82) is 0 Å². The third-order valence-corrected chi connectivity index (χ3v) is 6.37. The van der Waals surface area contributed by atoms with Gasteiger partial charge in [-0.3, -0.25) is 9.59 Å². The highest BCUT2D eigenvalue weighted by Gasteiger charge is 1.99. The Bertz CT molecular complexity index is 955. The predicted molar refractivity (Wildman–Crippen MR) is 183 cm³/mol. The lowest BCUT2D eigenvalue weighted by atomic mass is 10.2. The van der Waals surface area contributed by atoms with E-state index in [0.29, 0.717) is 168 Å². The lowest BCUT2D eigenvalue weighted by Crippen LogP contribution is -2.15. The van der Waals surface area contributed by atoms with Gasteiger partial charge in [0.25, 0.3) is 0 Å². The maximum absolute atomic E-state index is 10.6. The number of hydrogen-bond donors (Lipinski definition) is 0. The molecule has 14 nitrogen and oxygen atoms in total. The minimum atomic E-state index is 0.426. The molecular weight excluding hydrogens is 656 g/mol. The van der Waals surface area contributed by atoms with E-state index < -0.39 is 0 Å². The first-order valence-electron chi connectivity index (χ1n) is 17.0. The Hall–Kier alpha value is -3.02. The van der Waals surface area contributed by atoms with E-state index in [1.807, 2.05) is 0 Å². The van der Waals surface area contributed by atoms with Crippen molar-refractivity contribution in [3.8, 4) is 11.5 Å². The van der Waals surface area contributed by atoms with Gasteiger partial charge in [0.05, 0.1) is 132 Å². The van der Waals surface area contributed by atoms with E-state index in [9.17, 15) is 9.59 Å². The van der Waals surface area contributed by atoms with Crippen molar-refractivity contribution in [2.75, 3.05) is 145 Å². The molecule has 2 aromatic rings. The molecule has 282 valence electrons.